The highest BCUT2D eigenvalue weighted by Gasteiger charge is 2.17. The van der Waals surface area contributed by atoms with Crippen molar-refractivity contribution in [1.82, 2.24) is 15.3 Å². The average molecular weight is 289 g/mol. The minimum atomic E-state index is 0.149. The van der Waals surface area contributed by atoms with Gasteiger partial charge in [-0.25, -0.2) is 9.97 Å². The van der Waals surface area contributed by atoms with Crippen LogP contribution in [0.15, 0.2) is 12.4 Å². The van der Waals surface area contributed by atoms with Gasteiger partial charge in [-0.3, -0.25) is 4.79 Å². The lowest BCUT2D eigenvalue weighted by Crippen LogP contribution is -2.30. The molecule has 114 valence electrons. The molecule has 6 nitrogen and oxygen atoms in total. The van der Waals surface area contributed by atoms with E-state index in [4.69, 9.17) is 0 Å². The van der Waals surface area contributed by atoms with E-state index in [-0.39, 0.29) is 5.91 Å². The summed E-state index contributed by atoms with van der Waals surface area (Å²) in [6.45, 7) is 2.90. The number of nitrogens with one attached hydrogen (secondary N) is 2. The van der Waals surface area contributed by atoms with Gasteiger partial charge in [0.05, 0.1) is 0 Å². The molecular formula is C15H23N5O. The van der Waals surface area contributed by atoms with E-state index in [1.54, 1.807) is 6.33 Å². The van der Waals surface area contributed by atoms with Gasteiger partial charge in [-0.1, -0.05) is 0 Å². The fraction of sp³-hybridized carbons (Fsp3) is 0.667. The molecule has 2 fully saturated rings. The molecule has 2 aliphatic heterocycles. The number of aromatic nitrogens is 2. The third-order valence-corrected chi connectivity index (χ3v) is 4.22. The van der Waals surface area contributed by atoms with Crippen molar-refractivity contribution in [1.29, 1.82) is 0 Å². The number of carbonyl (C=O) groups excluding carboxylic acids is 1. The van der Waals surface area contributed by atoms with Crippen molar-refractivity contribution in [2.45, 2.75) is 44.6 Å². The predicted octanol–water partition coefficient (Wildman–Crippen LogP) is 1.55. The van der Waals surface area contributed by atoms with E-state index >= 15 is 0 Å². The van der Waals surface area contributed by atoms with Crippen LogP contribution in [0.5, 0.6) is 0 Å². The molecule has 0 bridgehead atoms. The molecule has 1 unspecified atom stereocenters. The average Bonchev–Trinajstić information content (AvgIpc) is 2.73. The summed E-state index contributed by atoms with van der Waals surface area (Å²) in [6, 6.07) is 2.33. The molecule has 0 radical (unpaired) electrons. The van der Waals surface area contributed by atoms with Crippen LogP contribution in [0.2, 0.25) is 0 Å². The van der Waals surface area contributed by atoms with Crippen LogP contribution in [-0.4, -0.2) is 41.6 Å². The first-order valence-corrected chi connectivity index (χ1v) is 7.91. The van der Waals surface area contributed by atoms with Crippen LogP contribution >= 0.6 is 0 Å². The second-order valence-corrected chi connectivity index (χ2v) is 5.83. The van der Waals surface area contributed by atoms with Crippen molar-refractivity contribution in [3.63, 3.8) is 0 Å². The Balaban J connectivity index is 1.63. The Kier molecular flexibility index (Phi) is 4.52. The van der Waals surface area contributed by atoms with E-state index in [1.807, 2.05) is 6.07 Å². The molecule has 0 aliphatic carbocycles. The molecule has 6 heteroatoms. The molecule has 0 aromatic carbocycles. The lowest BCUT2D eigenvalue weighted by molar-refractivity contribution is -0.120. The standard InChI is InChI=1S/C15H23N5O/c21-15-5-4-12(6-7-16-15)19-13-10-14(18-11-17-13)20-8-2-1-3-9-20/h10-12H,1-9H2,(H,16,21)(H,17,18,19). The summed E-state index contributed by atoms with van der Waals surface area (Å²) < 4.78 is 0. The van der Waals surface area contributed by atoms with Gasteiger partial charge in [-0.2, -0.15) is 0 Å². The van der Waals surface area contributed by atoms with Crippen molar-refractivity contribution in [3.05, 3.63) is 12.4 Å². The summed E-state index contributed by atoms with van der Waals surface area (Å²) in [5, 5.41) is 6.35. The number of anilines is 2. The molecule has 2 saturated heterocycles. The maximum Gasteiger partial charge on any atom is 0.220 e. The molecule has 0 spiro atoms. The quantitative estimate of drug-likeness (QED) is 0.883. The monoisotopic (exact) mass is 289 g/mol. The minimum absolute atomic E-state index is 0.149. The smallest absolute Gasteiger partial charge is 0.220 e. The maximum absolute atomic E-state index is 11.4. The van der Waals surface area contributed by atoms with Crippen LogP contribution < -0.4 is 15.5 Å². The van der Waals surface area contributed by atoms with Crippen molar-refractivity contribution >= 4 is 17.5 Å². The highest BCUT2D eigenvalue weighted by molar-refractivity contribution is 5.76. The second-order valence-electron chi connectivity index (χ2n) is 5.83. The van der Waals surface area contributed by atoms with E-state index in [2.05, 4.69) is 25.5 Å². The molecule has 2 aliphatic rings. The predicted molar refractivity (Wildman–Crippen MR) is 82.4 cm³/mol. The lowest BCUT2D eigenvalue weighted by atomic mass is 10.1. The van der Waals surface area contributed by atoms with Gasteiger partial charge in [0.15, 0.2) is 0 Å². The van der Waals surface area contributed by atoms with E-state index in [0.717, 1.165) is 44.1 Å². The van der Waals surface area contributed by atoms with Crippen molar-refractivity contribution in [2.24, 2.45) is 0 Å². The molecule has 1 atom stereocenters. The van der Waals surface area contributed by atoms with Crippen molar-refractivity contribution in [2.75, 3.05) is 29.9 Å². The molecule has 1 aromatic heterocycles. The third-order valence-electron chi connectivity index (χ3n) is 4.22. The van der Waals surface area contributed by atoms with Crippen LogP contribution in [0.4, 0.5) is 11.6 Å². The molecular weight excluding hydrogens is 266 g/mol. The summed E-state index contributed by atoms with van der Waals surface area (Å²) in [5.41, 5.74) is 0. The lowest BCUT2D eigenvalue weighted by Gasteiger charge is -2.28. The molecule has 3 heterocycles. The number of hydrogen-bond donors (Lipinski definition) is 2. The Labute approximate surface area is 125 Å². The zero-order chi connectivity index (χ0) is 14.5. The third kappa shape index (κ3) is 3.83. The Morgan fingerprint density at radius 3 is 2.90 bits per heavy atom. The highest BCUT2D eigenvalue weighted by atomic mass is 16.1. The summed E-state index contributed by atoms with van der Waals surface area (Å²) in [7, 11) is 0. The zero-order valence-electron chi connectivity index (χ0n) is 12.3. The van der Waals surface area contributed by atoms with E-state index in [1.165, 1.54) is 19.3 Å². The topological polar surface area (TPSA) is 70.2 Å². The highest BCUT2D eigenvalue weighted by Crippen LogP contribution is 2.20. The van der Waals surface area contributed by atoms with Crippen molar-refractivity contribution < 1.29 is 4.79 Å². The number of nitrogens with zero attached hydrogens (tertiary/aromatic N) is 3. The van der Waals surface area contributed by atoms with Crippen LogP contribution in [-0.2, 0) is 4.79 Å². The summed E-state index contributed by atoms with van der Waals surface area (Å²) in [5.74, 6) is 2.02. The Morgan fingerprint density at radius 2 is 2.05 bits per heavy atom. The minimum Gasteiger partial charge on any atom is -0.367 e. The molecule has 1 amide bonds. The summed E-state index contributed by atoms with van der Waals surface area (Å²) in [4.78, 5) is 22.4. The van der Waals surface area contributed by atoms with Gasteiger partial charge in [0.1, 0.15) is 18.0 Å². The number of hydrogen-bond acceptors (Lipinski definition) is 5. The second kappa shape index (κ2) is 6.74. The SMILES string of the molecule is O=C1CCC(Nc2cc(N3CCCCC3)ncn2)CCN1. The van der Waals surface area contributed by atoms with Gasteiger partial charge < -0.3 is 15.5 Å². The first-order chi connectivity index (χ1) is 10.3. The summed E-state index contributed by atoms with van der Waals surface area (Å²) >= 11 is 0. The van der Waals surface area contributed by atoms with E-state index in [9.17, 15) is 4.79 Å². The Morgan fingerprint density at radius 1 is 1.19 bits per heavy atom. The van der Waals surface area contributed by atoms with Gasteiger partial charge in [0, 0.05) is 38.2 Å². The fourth-order valence-corrected chi connectivity index (χ4v) is 3.00. The summed E-state index contributed by atoms with van der Waals surface area (Å²) in [6.07, 6.45) is 7.81. The van der Waals surface area contributed by atoms with Gasteiger partial charge in [0.2, 0.25) is 5.91 Å². The zero-order valence-corrected chi connectivity index (χ0v) is 12.3. The molecule has 0 saturated carbocycles. The normalized spacial score (nSPS) is 23.3. The first-order valence-electron chi connectivity index (χ1n) is 7.91. The molecule has 2 N–H and O–H groups in total. The molecule has 21 heavy (non-hydrogen) atoms. The van der Waals surface area contributed by atoms with Gasteiger partial charge >= 0.3 is 0 Å². The van der Waals surface area contributed by atoms with E-state index < -0.39 is 0 Å². The number of piperidine rings is 1. The fourth-order valence-electron chi connectivity index (χ4n) is 3.00. The molecule has 3 rings (SSSR count). The Hall–Kier alpha value is -1.85. The van der Waals surface area contributed by atoms with E-state index in [0.29, 0.717) is 12.5 Å². The van der Waals surface area contributed by atoms with Crippen LogP contribution in [0, 0.1) is 0 Å². The number of rotatable bonds is 3. The number of amides is 1. The molecule has 1 aromatic rings. The van der Waals surface area contributed by atoms with Crippen LogP contribution in [0.25, 0.3) is 0 Å². The van der Waals surface area contributed by atoms with Gasteiger partial charge in [-0.05, 0) is 32.1 Å². The van der Waals surface area contributed by atoms with Crippen LogP contribution in [0.1, 0.15) is 38.5 Å². The van der Waals surface area contributed by atoms with Gasteiger partial charge in [-0.15, -0.1) is 0 Å². The first kappa shape index (κ1) is 14.1. The number of carbonyl (C=O) groups is 1. The largest absolute Gasteiger partial charge is 0.367 e. The van der Waals surface area contributed by atoms with Crippen LogP contribution in [0.3, 0.4) is 0 Å². The maximum atomic E-state index is 11.4. The van der Waals surface area contributed by atoms with Gasteiger partial charge in [0.25, 0.3) is 0 Å². The Bertz CT molecular complexity index is 487. The van der Waals surface area contributed by atoms with Crippen molar-refractivity contribution in [3.8, 4) is 0 Å².